The second-order valence-electron chi connectivity index (χ2n) is 4.37. The molecule has 0 aliphatic rings. The number of hydrogen-bond donors (Lipinski definition) is 1. The first kappa shape index (κ1) is 12.6. The van der Waals surface area contributed by atoms with Crippen LogP contribution in [-0.2, 0) is 4.74 Å². The lowest BCUT2D eigenvalue weighted by molar-refractivity contribution is 0.0498. The highest BCUT2D eigenvalue weighted by Gasteiger charge is 2.08. The fraction of sp³-hybridized carbons (Fsp3) is 0.429. The van der Waals surface area contributed by atoms with Crippen molar-refractivity contribution in [1.29, 1.82) is 0 Å². The topological polar surface area (TPSA) is 55.0 Å². The lowest BCUT2D eigenvalue weighted by Crippen LogP contribution is -2.06. The zero-order chi connectivity index (χ0) is 12.8. The van der Waals surface area contributed by atoms with Gasteiger partial charge in [0.15, 0.2) is 0 Å². The summed E-state index contributed by atoms with van der Waals surface area (Å²) in [7, 11) is 0. The van der Waals surface area contributed by atoms with E-state index in [0.29, 0.717) is 12.2 Å². The molecule has 0 saturated carbocycles. The maximum absolute atomic E-state index is 11.8. The first-order valence-corrected chi connectivity index (χ1v) is 6.41. The van der Waals surface area contributed by atoms with Gasteiger partial charge >= 0.3 is 5.97 Å². The highest BCUT2D eigenvalue weighted by atomic mass is 16.5. The van der Waals surface area contributed by atoms with Crippen LogP contribution in [0.15, 0.2) is 24.4 Å². The zero-order valence-corrected chi connectivity index (χ0v) is 10.6. The van der Waals surface area contributed by atoms with Crippen LogP contribution in [0.3, 0.4) is 0 Å². The van der Waals surface area contributed by atoms with Crippen LogP contribution in [0.2, 0.25) is 0 Å². The normalized spacial score (nSPS) is 10.7. The van der Waals surface area contributed by atoms with Crippen LogP contribution in [0, 0.1) is 0 Å². The summed E-state index contributed by atoms with van der Waals surface area (Å²) in [6, 6.07) is 5.41. The number of rotatable bonds is 6. The lowest BCUT2D eigenvalue weighted by atomic mass is 10.2. The number of benzene rings is 1. The molecular formula is C14H18N2O2. The van der Waals surface area contributed by atoms with Crippen molar-refractivity contribution in [2.24, 2.45) is 0 Å². The number of hydrogen-bond acceptors (Lipinski definition) is 3. The van der Waals surface area contributed by atoms with Crippen LogP contribution in [-0.4, -0.2) is 22.8 Å². The summed E-state index contributed by atoms with van der Waals surface area (Å²) in [5.41, 5.74) is 1.43. The summed E-state index contributed by atoms with van der Waals surface area (Å²) < 4.78 is 5.23. The number of carbonyl (C=O) groups is 1. The molecule has 0 fully saturated rings. The van der Waals surface area contributed by atoms with Crippen LogP contribution < -0.4 is 0 Å². The Labute approximate surface area is 106 Å². The number of unbranched alkanes of at least 4 members (excludes halogenated alkanes) is 3. The molecule has 0 atom stereocenters. The van der Waals surface area contributed by atoms with Gasteiger partial charge in [-0.3, -0.25) is 5.10 Å². The first-order valence-electron chi connectivity index (χ1n) is 6.41. The van der Waals surface area contributed by atoms with E-state index >= 15 is 0 Å². The maximum atomic E-state index is 11.8. The van der Waals surface area contributed by atoms with Gasteiger partial charge in [0.1, 0.15) is 0 Å². The van der Waals surface area contributed by atoms with Gasteiger partial charge in [0.2, 0.25) is 0 Å². The van der Waals surface area contributed by atoms with Crippen molar-refractivity contribution in [1.82, 2.24) is 10.2 Å². The molecule has 2 aromatic rings. The molecule has 0 saturated heterocycles. The van der Waals surface area contributed by atoms with Crippen molar-refractivity contribution in [3.05, 3.63) is 30.0 Å². The number of aromatic nitrogens is 2. The van der Waals surface area contributed by atoms with Crippen molar-refractivity contribution in [2.75, 3.05) is 6.61 Å². The Hall–Kier alpha value is -1.84. The second-order valence-corrected chi connectivity index (χ2v) is 4.37. The molecule has 0 amide bonds. The molecule has 0 spiro atoms. The van der Waals surface area contributed by atoms with Crippen LogP contribution in [0.25, 0.3) is 10.9 Å². The molecule has 0 aliphatic carbocycles. The van der Waals surface area contributed by atoms with Gasteiger partial charge in [-0.25, -0.2) is 4.79 Å². The van der Waals surface area contributed by atoms with Crippen LogP contribution >= 0.6 is 0 Å². The van der Waals surface area contributed by atoms with Gasteiger partial charge in [-0.15, -0.1) is 0 Å². The van der Waals surface area contributed by atoms with Gasteiger partial charge in [-0.05, 0) is 18.6 Å². The Bertz CT molecular complexity index is 519. The third-order valence-electron chi connectivity index (χ3n) is 2.91. The molecule has 0 aliphatic heterocycles. The zero-order valence-electron chi connectivity index (χ0n) is 10.6. The van der Waals surface area contributed by atoms with Gasteiger partial charge in [0.05, 0.1) is 23.9 Å². The van der Waals surface area contributed by atoms with Crippen LogP contribution in [0.4, 0.5) is 0 Å². The first-order chi connectivity index (χ1) is 8.81. The minimum absolute atomic E-state index is 0.261. The summed E-state index contributed by atoms with van der Waals surface area (Å²) in [4.78, 5) is 11.8. The fourth-order valence-electron chi connectivity index (χ4n) is 1.84. The van der Waals surface area contributed by atoms with E-state index < -0.39 is 0 Å². The molecule has 96 valence electrons. The summed E-state index contributed by atoms with van der Waals surface area (Å²) in [5.74, 6) is -0.261. The highest BCUT2D eigenvalue weighted by Crippen LogP contribution is 2.13. The standard InChI is InChI=1S/C14H18N2O2/c1-2-3-4-5-8-18-14(17)11-6-7-12-10-15-16-13(12)9-11/h6-7,9-10H,2-5,8H2,1H3,(H,15,16). The van der Waals surface area contributed by atoms with E-state index in [1.54, 1.807) is 18.3 Å². The molecule has 4 nitrogen and oxygen atoms in total. The van der Waals surface area contributed by atoms with Crippen molar-refractivity contribution in [3.8, 4) is 0 Å². The molecule has 18 heavy (non-hydrogen) atoms. The lowest BCUT2D eigenvalue weighted by Gasteiger charge is -2.04. The molecular weight excluding hydrogens is 228 g/mol. The summed E-state index contributed by atoms with van der Waals surface area (Å²) >= 11 is 0. The smallest absolute Gasteiger partial charge is 0.338 e. The van der Waals surface area contributed by atoms with E-state index in [1.807, 2.05) is 6.07 Å². The summed E-state index contributed by atoms with van der Waals surface area (Å²) in [5, 5.41) is 7.76. The van der Waals surface area contributed by atoms with E-state index in [4.69, 9.17) is 4.74 Å². The third kappa shape index (κ3) is 3.09. The van der Waals surface area contributed by atoms with E-state index in [0.717, 1.165) is 23.7 Å². The quantitative estimate of drug-likeness (QED) is 0.628. The van der Waals surface area contributed by atoms with E-state index in [9.17, 15) is 4.79 Å². The number of nitrogens with one attached hydrogen (secondary N) is 1. The van der Waals surface area contributed by atoms with E-state index in [-0.39, 0.29) is 5.97 Å². The Kier molecular flexibility index (Phi) is 4.34. The van der Waals surface area contributed by atoms with Gasteiger partial charge in [0, 0.05) is 5.39 Å². The molecule has 0 radical (unpaired) electrons. The fourth-order valence-corrected chi connectivity index (χ4v) is 1.84. The summed E-state index contributed by atoms with van der Waals surface area (Å²) in [6.07, 6.45) is 6.16. The Balaban J connectivity index is 1.88. The Morgan fingerprint density at radius 3 is 3.06 bits per heavy atom. The molecule has 1 heterocycles. The van der Waals surface area contributed by atoms with Gasteiger partial charge < -0.3 is 4.74 Å². The number of nitrogens with zero attached hydrogens (tertiary/aromatic N) is 1. The third-order valence-corrected chi connectivity index (χ3v) is 2.91. The van der Waals surface area contributed by atoms with Crippen LogP contribution in [0.1, 0.15) is 43.0 Å². The molecule has 1 aromatic carbocycles. The molecule has 4 heteroatoms. The molecule has 2 rings (SSSR count). The maximum Gasteiger partial charge on any atom is 0.338 e. The second kappa shape index (κ2) is 6.19. The van der Waals surface area contributed by atoms with Gasteiger partial charge in [-0.2, -0.15) is 5.10 Å². The molecule has 0 unspecified atom stereocenters. The van der Waals surface area contributed by atoms with E-state index in [1.165, 1.54) is 12.8 Å². The number of fused-ring (bicyclic) bond motifs is 1. The molecule has 1 N–H and O–H groups in total. The SMILES string of the molecule is CCCCCCOC(=O)c1ccc2cn[nH]c2c1. The van der Waals surface area contributed by atoms with E-state index in [2.05, 4.69) is 17.1 Å². The number of carbonyl (C=O) groups excluding carboxylic acids is 1. The number of esters is 1. The van der Waals surface area contributed by atoms with Crippen molar-refractivity contribution in [3.63, 3.8) is 0 Å². The average molecular weight is 246 g/mol. The molecule has 0 bridgehead atoms. The molecule has 1 aromatic heterocycles. The largest absolute Gasteiger partial charge is 0.462 e. The van der Waals surface area contributed by atoms with Crippen molar-refractivity contribution in [2.45, 2.75) is 32.6 Å². The highest BCUT2D eigenvalue weighted by molar-refractivity contribution is 5.94. The summed E-state index contributed by atoms with van der Waals surface area (Å²) in [6.45, 7) is 2.66. The van der Waals surface area contributed by atoms with Crippen molar-refractivity contribution >= 4 is 16.9 Å². The minimum atomic E-state index is -0.261. The predicted molar refractivity (Wildman–Crippen MR) is 70.5 cm³/mol. The van der Waals surface area contributed by atoms with Crippen LogP contribution in [0.5, 0.6) is 0 Å². The van der Waals surface area contributed by atoms with Gasteiger partial charge in [0.25, 0.3) is 0 Å². The van der Waals surface area contributed by atoms with Crippen molar-refractivity contribution < 1.29 is 9.53 Å². The van der Waals surface area contributed by atoms with Gasteiger partial charge in [-0.1, -0.05) is 32.3 Å². The number of ether oxygens (including phenoxy) is 1. The minimum Gasteiger partial charge on any atom is -0.462 e. The average Bonchev–Trinajstić information content (AvgIpc) is 2.85. The number of aromatic amines is 1. The number of H-pyrrole nitrogens is 1. The Morgan fingerprint density at radius 2 is 2.22 bits per heavy atom. The monoisotopic (exact) mass is 246 g/mol. The predicted octanol–water partition coefficient (Wildman–Crippen LogP) is 3.30. The Morgan fingerprint density at radius 1 is 1.33 bits per heavy atom.